The van der Waals surface area contributed by atoms with E-state index >= 15 is 0 Å². The normalized spacial score (nSPS) is 22.9. The number of hydrogen-bond acceptors (Lipinski definition) is 4. The molecule has 0 radical (unpaired) electrons. The highest BCUT2D eigenvalue weighted by molar-refractivity contribution is 5.67. The van der Waals surface area contributed by atoms with Crippen molar-refractivity contribution in [1.29, 1.82) is 0 Å². The monoisotopic (exact) mass is 301 g/mol. The highest BCUT2D eigenvalue weighted by Crippen LogP contribution is 2.30. The Labute approximate surface area is 128 Å². The van der Waals surface area contributed by atoms with Crippen LogP contribution >= 0.6 is 0 Å². The molecule has 5 nitrogen and oxygen atoms in total. The molecule has 0 bridgehead atoms. The molecule has 0 spiro atoms. The summed E-state index contributed by atoms with van der Waals surface area (Å²) in [5.74, 6) is 0.547. The Bertz CT molecular complexity index is 301. The van der Waals surface area contributed by atoms with Crippen LogP contribution in [0.25, 0.3) is 0 Å². The van der Waals surface area contributed by atoms with Gasteiger partial charge in [-0.3, -0.25) is 0 Å². The van der Waals surface area contributed by atoms with Crippen molar-refractivity contribution in [1.82, 2.24) is 5.32 Å². The van der Waals surface area contributed by atoms with Crippen molar-refractivity contribution in [3.8, 4) is 0 Å². The molecule has 0 aromatic heterocycles. The summed E-state index contributed by atoms with van der Waals surface area (Å²) in [6.07, 6.45) is 6.64. The van der Waals surface area contributed by atoms with Gasteiger partial charge >= 0.3 is 6.09 Å². The molecule has 1 aliphatic rings. The fourth-order valence-electron chi connectivity index (χ4n) is 2.80. The van der Waals surface area contributed by atoms with E-state index in [2.05, 4.69) is 5.32 Å². The zero-order valence-corrected chi connectivity index (χ0v) is 13.7. The molecular weight excluding hydrogens is 270 g/mol. The number of rotatable bonds is 7. The number of amides is 1. The summed E-state index contributed by atoms with van der Waals surface area (Å²) in [5.41, 5.74) is -0.448. The Hall–Kier alpha value is -0.810. The number of carbonyl (C=O) groups is 1. The van der Waals surface area contributed by atoms with Gasteiger partial charge in [-0.25, -0.2) is 4.79 Å². The number of alkyl carbamates (subject to hydrolysis) is 1. The Morgan fingerprint density at radius 3 is 2.67 bits per heavy atom. The van der Waals surface area contributed by atoms with Gasteiger partial charge < -0.3 is 19.9 Å². The van der Waals surface area contributed by atoms with Gasteiger partial charge in [0.05, 0.1) is 19.3 Å². The van der Waals surface area contributed by atoms with E-state index in [1.165, 1.54) is 19.3 Å². The first-order chi connectivity index (χ1) is 9.92. The lowest BCUT2D eigenvalue weighted by molar-refractivity contribution is -0.0276. The van der Waals surface area contributed by atoms with Crippen LogP contribution < -0.4 is 5.32 Å². The summed E-state index contributed by atoms with van der Waals surface area (Å²) in [6.45, 7) is 6.73. The second kappa shape index (κ2) is 9.26. The number of nitrogens with one attached hydrogen (secondary N) is 1. The van der Waals surface area contributed by atoms with E-state index in [9.17, 15) is 4.79 Å². The average Bonchev–Trinajstić information content (AvgIpc) is 2.40. The summed E-state index contributed by atoms with van der Waals surface area (Å²) in [5, 5.41) is 11.7. The fraction of sp³-hybridized carbons (Fsp3) is 0.938. The molecule has 2 atom stereocenters. The zero-order chi connectivity index (χ0) is 15.7. The molecule has 1 aliphatic carbocycles. The lowest BCUT2D eigenvalue weighted by Gasteiger charge is -2.31. The lowest BCUT2D eigenvalue weighted by Crippen LogP contribution is -2.34. The molecule has 0 aromatic carbocycles. The standard InChI is InChI=1S/C16H31NO4/c1-16(2,3)21-15(19)17-10-6-8-13-7-4-5-9-14(13)20-12-11-18/h13-14,18H,4-12H2,1-3H3,(H,17,19)/t13?,14-/m1/s1. The number of aliphatic hydroxyl groups excluding tert-OH is 1. The molecule has 2 N–H and O–H groups in total. The van der Waals surface area contributed by atoms with Crippen LogP contribution in [0.15, 0.2) is 0 Å². The number of ether oxygens (including phenoxy) is 2. The van der Waals surface area contributed by atoms with Crippen molar-refractivity contribution >= 4 is 6.09 Å². The van der Waals surface area contributed by atoms with Crippen molar-refractivity contribution in [2.75, 3.05) is 19.8 Å². The van der Waals surface area contributed by atoms with Crippen molar-refractivity contribution in [3.63, 3.8) is 0 Å². The Morgan fingerprint density at radius 1 is 1.29 bits per heavy atom. The van der Waals surface area contributed by atoms with Crippen molar-refractivity contribution in [3.05, 3.63) is 0 Å². The van der Waals surface area contributed by atoms with Gasteiger partial charge in [-0.2, -0.15) is 0 Å². The predicted octanol–water partition coefficient (Wildman–Crippen LogP) is 2.86. The molecule has 124 valence electrons. The summed E-state index contributed by atoms with van der Waals surface area (Å²) in [6, 6.07) is 0. The molecule has 0 saturated heterocycles. The minimum Gasteiger partial charge on any atom is -0.444 e. The van der Waals surface area contributed by atoms with Gasteiger partial charge in [-0.15, -0.1) is 0 Å². The highest BCUT2D eigenvalue weighted by Gasteiger charge is 2.25. The average molecular weight is 301 g/mol. The summed E-state index contributed by atoms with van der Waals surface area (Å²) in [7, 11) is 0. The van der Waals surface area contributed by atoms with E-state index in [0.717, 1.165) is 19.3 Å². The second-order valence-electron chi connectivity index (χ2n) is 6.75. The topological polar surface area (TPSA) is 67.8 Å². The van der Waals surface area contributed by atoms with E-state index < -0.39 is 5.60 Å². The molecule has 1 fully saturated rings. The van der Waals surface area contributed by atoms with Crippen LogP contribution in [0.5, 0.6) is 0 Å². The van der Waals surface area contributed by atoms with Crippen LogP contribution in [0.2, 0.25) is 0 Å². The maximum Gasteiger partial charge on any atom is 0.407 e. The molecule has 1 saturated carbocycles. The SMILES string of the molecule is CC(C)(C)OC(=O)NCCCC1CCCC[C@H]1OCCO. The highest BCUT2D eigenvalue weighted by atomic mass is 16.6. The quantitative estimate of drug-likeness (QED) is 0.710. The smallest absolute Gasteiger partial charge is 0.407 e. The molecule has 5 heteroatoms. The minimum atomic E-state index is -0.448. The zero-order valence-electron chi connectivity index (χ0n) is 13.7. The first-order valence-electron chi connectivity index (χ1n) is 8.11. The van der Waals surface area contributed by atoms with Crippen LogP contribution in [0, 0.1) is 5.92 Å². The largest absolute Gasteiger partial charge is 0.444 e. The van der Waals surface area contributed by atoms with E-state index in [1.54, 1.807) is 0 Å². The molecule has 0 heterocycles. The third kappa shape index (κ3) is 8.27. The first-order valence-corrected chi connectivity index (χ1v) is 8.11. The number of carbonyl (C=O) groups excluding carboxylic acids is 1. The third-order valence-corrected chi connectivity index (χ3v) is 3.68. The van der Waals surface area contributed by atoms with Crippen LogP contribution in [-0.4, -0.2) is 42.7 Å². The predicted molar refractivity (Wildman–Crippen MR) is 82.3 cm³/mol. The molecule has 1 amide bonds. The van der Waals surface area contributed by atoms with Crippen LogP contribution in [-0.2, 0) is 9.47 Å². The minimum absolute atomic E-state index is 0.0867. The van der Waals surface area contributed by atoms with E-state index in [4.69, 9.17) is 14.6 Å². The summed E-state index contributed by atoms with van der Waals surface area (Å²) < 4.78 is 10.9. The first kappa shape index (κ1) is 18.2. The molecule has 21 heavy (non-hydrogen) atoms. The lowest BCUT2D eigenvalue weighted by atomic mass is 9.83. The van der Waals surface area contributed by atoms with E-state index in [0.29, 0.717) is 19.1 Å². The van der Waals surface area contributed by atoms with Gasteiger partial charge in [0, 0.05) is 6.54 Å². The Kier molecular flexibility index (Phi) is 8.04. The fourth-order valence-corrected chi connectivity index (χ4v) is 2.80. The van der Waals surface area contributed by atoms with Crippen molar-refractivity contribution in [2.45, 2.75) is 71.0 Å². The molecule has 1 unspecified atom stereocenters. The molecular formula is C16H31NO4. The Balaban J connectivity index is 2.19. The molecule has 0 aliphatic heterocycles. The van der Waals surface area contributed by atoms with Crippen LogP contribution in [0.1, 0.15) is 59.3 Å². The summed E-state index contributed by atoms with van der Waals surface area (Å²) in [4.78, 5) is 11.5. The Morgan fingerprint density at radius 2 is 2.00 bits per heavy atom. The van der Waals surface area contributed by atoms with Gasteiger partial charge in [-0.1, -0.05) is 12.8 Å². The van der Waals surface area contributed by atoms with Crippen molar-refractivity contribution in [2.24, 2.45) is 5.92 Å². The van der Waals surface area contributed by atoms with Gasteiger partial charge in [0.25, 0.3) is 0 Å². The van der Waals surface area contributed by atoms with Gasteiger partial charge in [0.2, 0.25) is 0 Å². The van der Waals surface area contributed by atoms with Crippen LogP contribution in [0.3, 0.4) is 0 Å². The third-order valence-electron chi connectivity index (χ3n) is 3.68. The van der Waals surface area contributed by atoms with Crippen LogP contribution in [0.4, 0.5) is 4.79 Å². The van der Waals surface area contributed by atoms with Gasteiger partial charge in [0.15, 0.2) is 0 Å². The maximum atomic E-state index is 11.5. The number of hydrogen-bond donors (Lipinski definition) is 2. The van der Waals surface area contributed by atoms with Gasteiger partial charge in [0.1, 0.15) is 5.60 Å². The summed E-state index contributed by atoms with van der Waals surface area (Å²) >= 11 is 0. The molecule has 0 aromatic rings. The second-order valence-corrected chi connectivity index (χ2v) is 6.75. The van der Waals surface area contributed by atoms with E-state index in [-0.39, 0.29) is 18.8 Å². The molecule has 1 rings (SSSR count). The van der Waals surface area contributed by atoms with Gasteiger partial charge in [-0.05, 0) is 52.4 Å². The maximum absolute atomic E-state index is 11.5. The van der Waals surface area contributed by atoms with Crippen molar-refractivity contribution < 1.29 is 19.4 Å². The number of aliphatic hydroxyl groups is 1. The van der Waals surface area contributed by atoms with E-state index in [1.807, 2.05) is 20.8 Å².